The summed E-state index contributed by atoms with van der Waals surface area (Å²) in [6, 6.07) is 17.0. The Morgan fingerprint density at radius 2 is 1.61 bits per heavy atom. The molecule has 0 saturated heterocycles. The number of anilines is 1. The van der Waals surface area contributed by atoms with E-state index in [2.05, 4.69) is 5.32 Å². The van der Waals surface area contributed by atoms with Crippen molar-refractivity contribution in [1.82, 2.24) is 10.2 Å². The molecule has 0 bridgehead atoms. The average Bonchev–Trinajstić information content (AvgIpc) is 2.93. The first-order valence-electron chi connectivity index (χ1n) is 13.1. The molecule has 0 aliphatic heterocycles. The number of carbonyl (C=O) groups is 2. The minimum absolute atomic E-state index is 0.0102. The van der Waals surface area contributed by atoms with Crippen LogP contribution in [0.5, 0.6) is 5.75 Å². The molecule has 1 atom stereocenters. The van der Waals surface area contributed by atoms with Crippen LogP contribution in [0, 0.1) is 6.92 Å². The van der Waals surface area contributed by atoms with Crippen LogP contribution in [-0.4, -0.2) is 50.9 Å². The van der Waals surface area contributed by atoms with Gasteiger partial charge in [0.15, 0.2) is 0 Å². The SMILES string of the molecule is CC[C@H](C(=O)NC(C)C)N(Cc1ccc(OC)cc1)C(=O)CN(c1cccc(Cl)c1Cl)S(=O)(=O)c1ccc(C)cc1. The van der Waals surface area contributed by atoms with Gasteiger partial charge in [0, 0.05) is 12.6 Å². The summed E-state index contributed by atoms with van der Waals surface area (Å²) in [4.78, 5) is 28.7. The van der Waals surface area contributed by atoms with Gasteiger partial charge in [-0.15, -0.1) is 0 Å². The highest BCUT2D eigenvalue weighted by Crippen LogP contribution is 2.35. The maximum Gasteiger partial charge on any atom is 0.264 e. The number of aryl methyl sites for hydroxylation is 1. The summed E-state index contributed by atoms with van der Waals surface area (Å²) < 4.78 is 34.1. The van der Waals surface area contributed by atoms with Crippen molar-refractivity contribution in [2.75, 3.05) is 18.0 Å². The third kappa shape index (κ3) is 7.93. The van der Waals surface area contributed by atoms with Crippen LogP contribution in [0.15, 0.2) is 71.6 Å². The van der Waals surface area contributed by atoms with E-state index in [1.165, 1.54) is 29.2 Å². The fourth-order valence-electron chi connectivity index (χ4n) is 4.26. The fraction of sp³-hybridized carbons (Fsp3) is 0.333. The molecule has 3 aromatic carbocycles. The second kappa shape index (κ2) is 14.1. The van der Waals surface area contributed by atoms with E-state index in [0.29, 0.717) is 12.2 Å². The summed E-state index contributed by atoms with van der Waals surface area (Å²) in [6.07, 6.45) is 0.309. The molecular formula is C30H35Cl2N3O5S. The molecule has 0 unspecified atom stereocenters. The van der Waals surface area contributed by atoms with E-state index < -0.39 is 28.5 Å². The van der Waals surface area contributed by atoms with Gasteiger partial charge in [-0.3, -0.25) is 13.9 Å². The zero-order valence-corrected chi connectivity index (χ0v) is 26.1. The molecule has 41 heavy (non-hydrogen) atoms. The highest BCUT2D eigenvalue weighted by molar-refractivity contribution is 7.92. The number of carbonyl (C=O) groups excluding carboxylic acids is 2. The Kier molecular flexibility index (Phi) is 11.1. The lowest BCUT2D eigenvalue weighted by atomic mass is 10.1. The molecule has 0 fully saturated rings. The van der Waals surface area contributed by atoms with Crippen molar-refractivity contribution in [3.8, 4) is 5.75 Å². The summed E-state index contributed by atoms with van der Waals surface area (Å²) in [5, 5.41) is 3.00. The Morgan fingerprint density at radius 3 is 2.17 bits per heavy atom. The number of hydrogen-bond donors (Lipinski definition) is 1. The van der Waals surface area contributed by atoms with Crippen molar-refractivity contribution in [3.05, 3.63) is 87.9 Å². The van der Waals surface area contributed by atoms with Crippen LogP contribution in [0.4, 0.5) is 5.69 Å². The maximum atomic E-state index is 14.1. The van der Waals surface area contributed by atoms with Gasteiger partial charge in [0.05, 0.1) is 27.7 Å². The molecule has 1 N–H and O–H groups in total. The summed E-state index contributed by atoms with van der Waals surface area (Å²) >= 11 is 12.7. The summed E-state index contributed by atoms with van der Waals surface area (Å²) in [6.45, 7) is 6.75. The largest absolute Gasteiger partial charge is 0.497 e. The number of nitrogens with zero attached hydrogens (tertiary/aromatic N) is 2. The Labute approximate surface area is 252 Å². The number of halogens is 2. The molecule has 0 spiro atoms. The minimum atomic E-state index is -4.27. The number of benzene rings is 3. The Hall–Kier alpha value is -3.27. The molecule has 220 valence electrons. The van der Waals surface area contributed by atoms with Gasteiger partial charge in [0.1, 0.15) is 18.3 Å². The molecule has 3 rings (SSSR count). The zero-order chi connectivity index (χ0) is 30.3. The van der Waals surface area contributed by atoms with Crippen LogP contribution in [0.25, 0.3) is 0 Å². The quantitative estimate of drug-likeness (QED) is 0.275. The predicted molar refractivity (Wildman–Crippen MR) is 163 cm³/mol. The van der Waals surface area contributed by atoms with Crippen molar-refractivity contribution in [2.45, 2.75) is 57.6 Å². The van der Waals surface area contributed by atoms with Gasteiger partial charge in [-0.25, -0.2) is 8.42 Å². The third-order valence-corrected chi connectivity index (χ3v) is 9.00. The molecule has 2 amide bonds. The van der Waals surface area contributed by atoms with E-state index in [1.807, 2.05) is 20.8 Å². The lowest BCUT2D eigenvalue weighted by Crippen LogP contribution is -2.53. The number of methoxy groups -OCH3 is 1. The van der Waals surface area contributed by atoms with Crippen molar-refractivity contribution in [2.24, 2.45) is 0 Å². The monoisotopic (exact) mass is 619 g/mol. The maximum absolute atomic E-state index is 14.1. The van der Waals surface area contributed by atoms with Crippen LogP contribution in [0.3, 0.4) is 0 Å². The Morgan fingerprint density at radius 1 is 0.976 bits per heavy atom. The molecule has 3 aromatic rings. The van der Waals surface area contributed by atoms with Gasteiger partial charge in [-0.1, -0.05) is 66.0 Å². The predicted octanol–water partition coefficient (Wildman–Crippen LogP) is 5.84. The summed E-state index contributed by atoms with van der Waals surface area (Å²) in [5.74, 6) is -0.279. The molecule has 8 nitrogen and oxygen atoms in total. The summed E-state index contributed by atoms with van der Waals surface area (Å²) in [7, 11) is -2.71. The smallest absolute Gasteiger partial charge is 0.264 e. The van der Waals surface area contributed by atoms with E-state index in [1.54, 1.807) is 56.5 Å². The third-order valence-electron chi connectivity index (χ3n) is 6.42. The number of ether oxygens (including phenoxy) is 1. The number of sulfonamides is 1. The van der Waals surface area contributed by atoms with Gasteiger partial charge in [0.25, 0.3) is 10.0 Å². The summed E-state index contributed by atoms with van der Waals surface area (Å²) in [5.41, 5.74) is 1.67. The van der Waals surface area contributed by atoms with E-state index in [9.17, 15) is 18.0 Å². The van der Waals surface area contributed by atoms with Crippen LogP contribution in [0.1, 0.15) is 38.3 Å². The van der Waals surface area contributed by atoms with Gasteiger partial charge < -0.3 is 15.0 Å². The van der Waals surface area contributed by atoms with Crippen LogP contribution >= 0.6 is 23.2 Å². The first-order chi connectivity index (χ1) is 19.4. The molecule has 0 aromatic heterocycles. The Balaban J connectivity index is 2.10. The number of amides is 2. The topological polar surface area (TPSA) is 96.0 Å². The molecule has 0 aliphatic carbocycles. The van der Waals surface area contributed by atoms with E-state index >= 15 is 0 Å². The lowest BCUT2D eigenvalue weighted by molar-refractivity contribution is -0.140. The average molecular weight is 621 g/mol. The normalized spacial score (nSPS) is 12.1. The molecule has 0 aliphatic rings. The van der Waals surface area contributed by atoms with Crippen LogP contribution < -0.4 is 14.4 Å². The van der Waals surface area contributed by atoms with Crippen LogP contribution in [-0.2, 0) is 26.2 Å². The minimum Gasteiger partial charge on any atom is -0.497 e. The second-order valence-electron chi connectivity index (χ2n) is 9.85. The zero-order valence-electron chi connectivity index (χ0n) is 23.7. The lowest BCUT2D eigenvalue weighted by Gasteiger charge is -2.33. The number of hydrogen-bond acceptors (Lipinski definition) is 5. The van der Waals surface area contributed by atoms with E-state index in [4.69, 9.17) is 27.9 Å². The molecular weight excluding hydrogens is 585 g/mol. The highest BCUT2D eigenvalue weighted by atomic mass is 35.5. The van der Waals surface area contributed by atoms with Gasteiger partial charge in [0.2, 0.25) is 11.8 Å². The fourth-order valence-corrected chi connectivity index (χ4v) is 6.14. The van der Waals surface area contributed by atoms with Crippen molar-refractivity contribution in [1.29, 1.82) is 0 Å². The van der Waals surface area contributed by atoms with Gasteiger partial charge >= 0.3 is 0 Å². The second-order valence-corrected chi connectivity index (χ2v) is 12.5. The number of rotatable bonds is 12. The molecule has 11 heteroatoms. The van der Waals surface area contributed by atoms with Crippen molar-refractivity contribution in [3.63, 3.8) is 0 Å². The van der Waals surface area contributed by atoms with Gasteiger partial charge in [-0.05, 0) is 69.2 Å². The number of nitrogens with one attached hydrogen (secondary N) is 1. The van der Waals surface area contributed by atoms with E-state index in [0.717, 1.165) is 15.4 Å². The van der Waals surface area contributed by atoms with Crippen molar-refractivity contribution >= 4 is 50.7 Å². The first-order valence-corrected chi connectivity index (χ1v) is 15.3. The Bertz CT molecular complexity index is 1460. The first kappa shape index (κ1) is 32.2. The van der Waals surface area contributed by atoms with Gasteiger partial charge in [-0.2, -0.15) is 0 Å². The van der Waals surface area contributed by atoms with E-state index in [-0.39, 0.29) is 39.1 Å². The van der Waals surface area contributed by atoms with Crippen LogP contribution in [0.2, 0.25) is 10.0 Å². The van der Waals surface area contributed by atoms with Crippen molar-refractivity contribution < 1.29 is 22.7 Å². The molecule has 0 saturated carbocycles. The standard InChI is InChI=1S/C30H35Cl2N3O5S/c1-6-26(30(37)33-20(2)3)34(18-22-12-14-23(40-5)15-13-22)28(36)19-35(27-9-7-8-25(31)29(27)32)41(38,39)24-16-10-21(4)11-17-24/h7-17,20,26H,6,18-19H2,1-5H3,(H,33,37)/t26-/m1/s1. The molecule has 0 radical (unpaired) electrons. The highest BCUT2D eigenvalue weighted by Gasteiger charge is 2.34. The molecule has 0 heterocycles.